The van der Waals surface area contributed by atoms with E-state index in [9.17, 15) is 14.4 Å². The number of fused-ring (bicyclic) bond motifs is 1. The Kier molecular flexibility index (Phi) is 10.2. The third-order valence-corrected chi connectivity index (χ3v) is 4.68. The lowest BCUT2D eigenvalue weighted by molar-refractivity contribution is -0.135. The monoisotopic (exact) mass is 480 g/mol. The second-order valence-corrected chi connectivity index (χ2v) is 7.42. The number of hydrogen-bond donors (Lipinski definition) is 3. The molecule has 12 heteroatoms. The van der Waals surface area contributed by atoms with Gasteiger partial charge in [-0.05, 0) is 31.5 Å². The number of halogens is 1. The molecule has 0 unspecified atom stereocenters. The van der Waals surface area contributed by atoms with Gasteiger partial charge in [-0.1, -0.05) is 16.8 Å². The molecule has 11 nitrogen and oxygen atoms in total. The minimum Gasteiger partial charge on any atom is -0.491 e. The normalized spacial score (nSPS) is 14.9. The number of amides is 3. The number of carbonyl (C=O) groups is 4. The molecule has 33 heavy (non-hydrogen) atoms. The lowest BCUT2D eigenvalue weighted by Crippen LogP contribution is -2.43. The summed E-state index contributed by atoms with van der Waals surface area (Å²) in [7, 11) is 0. The summed E-state index contributed by atoms with van der Waals surface area (Å²) in [6.07, 6.45) is 0.479. The van der Waals surface area contributed by atoms with E-state index in [1.54, 1.807) is 25.1 Å². The van der Waals surface area contributed by atoms with Crippen LogP contribution in [0.25, 0.3) is 0 Å². The smallest absolute Gasteiger partial charge is 0.290 e. The topological polar surface area (TPSA) is 151 Å². The molecule has 0 bridgehead atoms. The highest BCUT2D eigenvalue weighted by Crippen LogP contribution is 2.23. The number of ether oxygens (including phenoxy) is 1. The van der Waals surface area contributed by atoms with Gasteiger partial charge in [-0.2, -0.15) is 0 Å². The first-order valence-electron chi connectivity index (χ1n) is 10.1. The molecule has 3 amide bonds. The van der Waals surface area contributed by atoms with Gasteiger partial charge in [-0.25, -0.2) is 0 Å². The van der Waals surface area contributed by atoms with Crippen LogP contribution in [0.4, 0.5) is 0 Å². The summed E-state index contributed by atoms with van der Waals surface area (Å²) in [5, 5.41) is 16.6. The molecule has 0 aliphatic carbocycles. The zero-order chi connectivity index (χ0) is 24.2. The van der Waals surface area contributed by atoms with Gasteiger partial charge in [-0.15, -0.1) is 0 Å². The summed E-state index contributed by atoms with van der Waals surface area (Å²) in [5.41, 5.74) is 0.999. The summed E-state index contributed by atoms with van der Waals surface area (Å²) in [6, 6.07) is 6.47. The van der Waals surface area contributed by atoms with Crippen LogP contribution in [0.5, 0.6) is 5.75 Å². The van der Waals surface area contributed by atoms with Gasteiger partial charge in [0.1, 0.15) is 18.1 Å². The van der Waals surface area contributed by atoms with E-state index in [1.807, 2.05) is 0 Å². The third-order valence-electron chi connectivity index (χ3n) is 4.45. The first-order valence-corrected chi connectivity index (χ1v) is 10.5. The summed E-state index contributed by atoms with van der Waals surface area (Å²) in [5.74, 6) is -0.0373. The SMILES string of the molecule is Cc1cc(CC(=O)N2CCCNC(=O)c3cc(Cl)ccc3OCCNC(=O)C2)on1.O=CO. The summed E-state index contributed by atoms with van der Waals surface area (Å²) in [4.78, 5) is 47.3. The van der Waals surface area contributed by atoms with Gasteiger partial charge in [0, 0.05) is 24.2 Å². The number of benzene rings is 1. The summed E-state index contributed by atoms with van der Waals surface area (Å²) >= 11 is 6.01. The zero-order valence-electron chi connectivity index (χ0n) is 18.0. The van der Waals surface area contributed by atoms with E-state index in [1.165, 1.54) is 11.0 Å². The maximum absolute atomic E-state index is 12.7. The van der Waals surface area contributed by atoms with Crippen LogP contribution in [-0.4, -0.2) is 72.1 Å². The molecule has 0 radical (unpaired) electrons. The highest BCUT2D eigenvalue weighted by molar-refractivity contribution is 6.31. The van der Waals surface area contributed by atoms with E-state index in [0.717, 1.165) is 0 Å². The Labute approximate surface area is 195 Å². The molecule has 0 saturated heterocycles. The number of carbonyl (C=O) groups excluding carboxylic acids is 3. The van der Waals surface area contributed by atoms with Crippen molar-refractivity contribution in [1.82, 2.24) is 20.7 Å². The van der Waals surface area contributed by atoms with Gasteiger partial charge >= 0.3 is 0 Å². The van der Waals surface area contributed by atoms with E-state index < -0.39 is 0 Å². The van der Waals surface area contributed by atoms with E-state index in [0.29, 0.717) is 47.3 Å². The molecule has 1 aliphatic heterocycles. The number of carboxylic acid groups (broad SMARTS) is 1. The minimum absolute atomic E-state index is 0.00939. The van der Waals surface area contributed by atoms with Crippen molar-refractivity contribution in [2.45, 2.75) is 19.8 Å². The predicted octanol–water partition coefficient (Wildman–Crippen LogP) is 1.04. The fraction of sp³-hybridized carbons (Fsp3) is 0.381. The molecule has 2 heterocycles. The standard InChI is InChI=1S/C20H23ClN4O5.CH2O2/c1-13-9-15(30-24-13)11-19(27)25-7-2-5-23-20(28)16-10-14(21)3-4-17(16)29-8-6-22-18(26)12-25;2-1-3/h3-4,9-10H,2,5-8,11-12H2,1H3,(H,22,26)(H,23,28);1H,(H,2,3). The molecule has 1 aromatic heterocycles. The Hall–Kier alpha value is -3.60. The van der Waals surface area contributed by atoms with Gasteiger partial charge in [0.25, 0.3) is 12.4 Å². The molecule has 0 saturated carbocycles. The van der Waals surface area contributed by atoms with E-state index >= 15 is 0 Å². The first-order chi connectivity index (χ1) is 15.8. The highest BCUT2D eigenvalue weighted by atomic mass is 35.5. The van der Waals surface area contributed by atoms with E-state index in [-0.39, 0.29) is 50.3 Å². The van der Waals surface area contributed by atoms with Crippen molar-refractivity contribution < 1.29 is 33.5 Å². The highest BCUT2D eigenvalue weighted by Gasteiger charge is 2.20. The molecule has 1 aliphatic rings. The number of aryl methyl sites for hydroxylation is 1. The maximum atomic E-state index is 12.7. The molecule has 0 atom stereocenters. The average Bonchev–Trinajstić information content (AvgIpc) is 3.18. The summed E-state index contributed by atoms with van der Waals surface area (Å²) < 4.78 is 10.7. The number of nitrogens with one attached hydrogen (secondary N) is 2. The summed E-state index contributed by atoms with van der Waals surface area (Å²) in [6.45, 7) is 2.44. The molecule has 0 spiro atoms. The Morgan fingerprint density at radius 2 is 2.03 bits per heavy atom. The van der Waals surface area contributed by atoms with E-state index in [2.05, 4.69) is 15.8 Å². The maximum Gasteiger partial charge on any atom is 0.290 e. The largest absolute Gasteiger partial charge is 0.491 e. The van der Waals surface area contributed by atoms with Crippen molar-refractivity contribution in [2.75, 3.05) is 32.8 Å². The molecular formula is C21H25ClN4O7. The number of nitrogens with zero attached hydrogens (tertiary/aromatic N) is 2. The average molecular weight is 481 g/mol. The number of aromatic nitrogens is 1. The van der Waals surface area contributed by atoms with Crippen LogP contribution in [0, 0.1) is 6.92 Å². The van der Waals surface area contributed by atoms with Gasteiger partial charge in [-0.3, -0.25) is 19.2 Å². The van der Waals surface area contributed by atoms with Crippen LogP contribution in [0.1, 0.15) is 28.2 Å². The number of rotatable bonds is 2. The van der Waals surface area contributed by atoms with Gasteiger partial charge in [0.05, 0.1) is 30.8 Å². The molecule has 1 aromatic carbocycles. The van der Waals surface area contributed by atoms with Crippen molar-refractivity contribution >= 4 is 35.8 Å². The molecule has 178 valence electrons. The van der Waals surface area contributed by atoms with Crippen molar-refractivity contribution in [3.05, 3.63) is 46.3 Å². The van der Waals surface area contributed by atoms with Crippen LogP contribution in [0.15, 0.2) is 28.8 Å². The zero-order valence-corrected chi connectivity index (χ0v) is 18.8. The molecular weight excluding hydrogens is 456 g/mol. The van der Waals surface area contributed by atoms with Gasteiger partial charge < -0.3 is 29.9 Å². The Morgan fingerprint density at radius 1 is 1.27 bits per heavy atom. The predicted molar refractivity (Wildman–Crippen MR) is 117 cm³/mol. The van der Waals surface area contributed by atoms with Gasteiger partial charge in [0.15, 0.2) is 0 Å². The van der Waals surface area contributed by atoms with Crippen molar-refractivity contribution in [3.8, 4) is 5.75 Å². The Bertz CT molecular complexity index is 979. The second-order valence-electron chi connectivity index (χ2n) is 6.98. The van der Waals surface area contributed by atoms with Crippen molar-refractivity contribution in [3.63, 3.8) is 0 Å². The number of hydrogen-bond acceptors (Lipinski definition) is 7. The van der Waals surface area contributed by atoms with Crippen LogP contribution in [0.3, 0.4) is 0 Å². The van der Waals surface area contributed by atoms with Crippen LogP contribution in [0.2, 0.25) is 5.02 Å². The van der Waals surface area contributed by atoms with Crippen LogP contribution < -0.4 is 15.4 Å². The first kappa shape index (κ1) is 25.7. The molecule has 3 rings (SSSR count). The van der Waals surface area contributed by atoms with Crippen molar-refractivity contribution in [2.24, 2.45) is 0 Å². The van der Waals surface area contributed by atoms with Crippen molar-refractivity contribution in [1.29, 1.82) is 0 Å². The lowest BCUT2D eigenvalue weighted by Gasteiger charge is -2.22. The lowest BCUT2D eigenvalue weighted by atomic mass is 10.2. The van der Waals surface area contributed by atoms with E-state index in [4.69, 9.17) is 30.8 Å². The van der Waals surface area contributed by atoms with Gasteiger partial charge in [0.2, 0.25) is 11.8 Å². The quantitative estimate of drug-likeness (QED) is 0.539. The minimum atomic E-state index is -0.316. The second kappa shape index (κ2) is 13.1. The molecule has 3 N–H and O–H groups in total. The third kappa shape index (κ3) is 8.45. The fourth-order valence-electron chi connectivity index (χ4n) is 3.01. The van der Waals surface area contributed by atoms with Crippen LogP contribution in [-0.2, 0) is 20.8 Å². The van der Waals surface area contributed by atoms with Crippen LogP contribution >= 0.6 is 11.6 Å². The Balaban J connectivity index is 0.00000122. The molecule has 2 aromatic rings. The Morgan fingerprint density at radius 3 is 2.73 bits per heavy atom. The fourth-order valence-corrected chi connectivity index (χ4v) is 3.18. The molecule has 0 fully saturated rings.